The third kappa shape index (κ3) is 3.23. The molecule has 0 aliphatic carbocycles. The standard InChI is InChI=1S/C16H19N5O2S/c1-3-10(2)13-14(22)18-12-7-5-4-6-11(12)8-21(13)16(23)19-15-20-17-9-24-15/h4-7,9-10,13H,3,8H2,1-2H3,(H,18,22)(H,19,20,23). The molecule has 0 fully saturated rings. The van der Waals surface area contributed by atoms with Crippen LogP contribution in [0.4, 0.5) is 15.6 Å². The summed E-state index contributed by atoms with van der Waals surface area (Å²) in [6.45, 7) is 4.34. The topological polar surface area (TPSA) is 87.2 Å². The number of fused-ring (bicyclic) bond motifs is 1. The molecule has 2 N–H and O–H groups in total. The molecule has 24 heavy (non-hydrogen) atoms. The van der Waals surface area contributed by atoms with E-state index in [-0.39, 0.29) is 17.9 Å². The molecule has 1 aromatic carbocycles. The van der Waals surface area contributed by atoms with Crippen molar-refractivity contribution < 1.29 is 9.59 Å². The van der Waals surface area contributed by atoms with Crippen molar-refractivity contribution in [2.24, 2.45) is 5.92 Å². The summed E-state index contributed by atoms with van der Waals surface area (Å²) < 4.78 is 0. The van der Waals surface area contributed by atoms with E-state index in [1.165, 1.54) is 11.3 Å². The van der Waals surface area contributed by atoms with Crippen LogP contribution in [0.2, 0.25) is 0 Å². The molecule has 2 heterocycles. The smallest absolute Gasteiger partial charge is 0.324 e. The van der Waals surface area contributed by atoms with Crippen LogP contribution >= 0.6 is 11.3 Å². The lowest BCUT2D eigenvalue weighted by Crippen LogP contribution is -2.50. The molecule has 2 atom stereocenters. The fourth-order valence-corrected chi connectivity index (χ4v) is 3.22. The molecular weight excluding hydrogens is 326 g/mol. The Balaban J connectivity index is 1.94. The number of hydrogen-bond donors (Lipinski definition) is 2. The van der Waals surface area contributed by atoms with Gasteiger partial charge in [-0.3, -0.25) is 10.1 Å². The average Bonchev–Trinajstić information content (AvgIpc) is 3.02. The molecule has 8 heteroatoms. The number of hydrogen-bond acceptors (Lipinski definition) is 5. The van der Waals surface area contributed by atoms with Crippen LogP contribution in [-0.2, 0) is 11.3 Å². The molecule has 3 rings (SSSR count). The van der Waals surface area contributed by atoms with Crippen molar-refractivity contribution in [2.45, 2.75) is 32.9 Å². The summed E-state index contributed by atoms with van der Waals surface area (Å²) in [6, 6.07) is 6.65. The summed E-state index contributed by atoms with van der Waals surface area (Å²) in [5.74, 6) is -0.138. The number of carbonyl (C=O) groups excluding carboxylic acids is 2. The molecule has 1 aliphatic heterocycles. The predicted octanol–water partition coefficient (Wildman–Crippen LogP) is 2.94. The third-order valence-electron chi connectivity index (χ3n) is 4.24. The molecule has 0 bridgehead atoms. The minimum Gasteiger partial charge on any atom is -0.324 e. The van der Waals surface area contributed by atoms with Gasteiger partial charge in [-0.15, -0.1) is 10.2 Å². The quantitative estimate of drug-likeness (QED) is 0.895. The second-order valence-electron chi connectivity index (χ2n) is 5.78. The van der Waals surface area contributed by atoms with Crippen molar-refractivity contribution >= 4 is 34.1 Å². The highest BCUT2D eigenvalue weighted by atomic mass is 32.1. The largest absolute Gasteiger partial charge is 0.324 e. The van der Waals surface area contributed by atoms with Crippen molar-refractivity contribution in [3.05, 3.63) is 35.3 Å². The zero-order valence-electron chi connectivity index (χ0n) is 13.5. The van der Waals surface area contributed by atoms with Gasteiger partial charge in [-0.2, -0.15) is 0 Å². The zero-order valence-corrected chi connectivity index (χ0v) is 14.3. The normalized spacial score (nSPS) is 18.3. The summed E-state index contributed by atoms with van der Waals surface area (Å²) in [5.41, 5.74) is 3.21. The highest BCUT2D eigenvalue weighted by Gasteiger charge is 2.36. The Kier molecular flexibility index (Phi) is 4.75. The van der Waals surface area contributed by atoms with Gasteiger partial charge in [0.2, 0.25) is 11.0 Å². The number of urea groups is 1. The van der Waals surface area contributed by atoms with E-state index in [1.807, 2.05) is 38.1 Å². The second kappa shape index (κ2) is 6.96. The number of anilines is 2. The Labute approximate surface area is 144 Å². The van der Waals surface area contributed by atoms with Gasteiger partial charge in [-0.25, -0.2) is 4.79 Å². The van der Waals surface area contributed by atoms with Gasteiger partial charge in [0.05, 0.1) is 6.54 Å². The molecule has 0 radical (unpaired) electrons. The molecular formula is C16H19N5O2S. The van der Waals surface area contributed by atoms with Crippen molar-refractivity contribution in [1.29, 1.82) is 0 Å². The van der Waals surface area contributed by atoms with E-state index in [1.54, 1.807) is 10.4 Å². The lowest BCUT2D eigenvalue weighted by atomic mass is 9.97. The van der Waals surface area contributed by atoms with Crippen molar-refractivity contribution in [2.75, 3.05) is 10.6 Å². The number of aromatic nitrogens is 2. The summed E-state index contributed by atoms with van der Waals surface area (Å²) in [5, 5.41) is 13.6. The molecule has 0 spiro atoms. The Morgan fingerprint density at radius 3 is 3.00 bits per heavy atom. The summed E-state index contributed by atoms with van der Waals surface area (Å²) in [4.78, 5) is 27.1. The maximum absolute atomic E-state index is 12.8. The monoisotopic (exact) mass is 345 g/mol. The number of carbonyl (C=O) groups is 2. The average molecular weight is 345 g/mol. The van der Waals surface area contributed by atoms with Gasteiger partial charge in [0.15, 0.2) is 0 Å². The number of amides is 3. The molecule has 1 aromatic heterocycles. The molecule has 126 valence electrons. The van der Waals surface area contributed by atoms with E-state index in [4.69, 9.17) is 0 Å². The van der Waals surface area contributed by atoms with Gasteiger partial charge in [0.25, 0.3) is 0 Å². The van der Waals surface area contributed by atoms with Crippen molar-refractivity contribution in [1.82, 2.24) is 15.1 Å². The molecule has 2 aromatic rings. The van der Waals surface area contributed by atoms with Crippen LogP contribution in [-0.4, -0.2) is 33.1 Å². The summed E-state index contributed by atoms with van der Waals surface area (Å²) in [6.07, 6.45) is 0.789. The van der Waals surface area contributed by atoms with Crippen LogP contribution in [0.3, 0.4) is 0 Å². The van der Waals surface area contributed by atoms with E-state index < -0.39 is 6.04 Å². The third-order valence-corrected chi connectivity index (χ3v) is 4.84. The molecule has 3 amide bonds. The van der Waals surface area contributed by atoms with E-state index in [0.717, 1.165) is 17.7 Å². The maximum atomic E-state index is 12.8. The molecule has 0 saturated heterocycles. The SMILES string of the molecule is CCC(C)C1C(=O)Nc2ccccc2CN1C(=O)Nc1nncs1. The molecule has 0 saturated carbocycles. The lowest BCUT2D eigenvalue weighted by Gasteiger charge is -2.32. The van der Waals surface area contributed by atoms with Gasteiger partial charge < -0.3 is 10.2 Å². The minimum absolute atomic E-state index is 0.0273. The maximum Gasteiger partial charge on any atom is 0.324 e. The van der Waals surface area contributed by atoms with E-state index in [9.17, 15) is 9.59 Å². The number of nitrogens with one attached hydrogen (secondary N) is 2. The van der Waals surface area contributed by atoms with Crippen LogP contribution in [0.25, 0.3) is 0 Å². The lowest BCUT2D eigenvalue weighted by molar-refractivity contribution is -0.121. The van der Waals surface area contributed by atoms with Crippen molar-refractivity contribution in [3.63, 3.8) is 0 Å². The van der Waals surface area contributed by atoms with Crippen LogP contribution in [0.1, 0.15) is 25.8 Å². The van der Waals surface area contributed by atoms with E-state index in [0.29, 0.717) is 11.7 Å². The summed E-state index contributed by atoms with van der Waals surface area (Å²) >= 11 is 1.24. The Morgan fingerprint density at radius 2 is 2.29 bits per heavy atom. The second-order valence-corrected chi connectivity index (χ2v) is 6.61. The van der Waals surface area contributed by atoms with E-state index in [2.05, 4.69) is 20.8 Å². The highest BCUT2D eigenvalue weighted by molar-refractivity contribution is 7.13. The van der Waals surface area contributed by atoms with Gasteiger partial charge in [-0.1, -0.05) is 49.8 Å². The first-order valence-corrected chi connectivity index (χ1v) is 8.70. The van der Waals surface area contributed by atoms with Crippen LogP contribution in [0, 0.1) is 5.92 Å². The fourth-order valence-electron chi connectivity index (χ4n) is 2.79. The Hall–Kier alpha value is -2.48. The van der Waals surface area contributed by atoms with Crippen LogP contribution in [0.5, 0.6) is 0 Å². The molecule has 2 unspecified atom stereocenters. The Morgan fingerprint density at radius 1 is 1.50 bits per heavy atom. The van der Waals surface area contributed by atoms with Gasteiger partial charge in [0.1, 0.15) is 11.6 Å². The number of para-hydroxylation sites is 1. The first-order valence-electron chi connectivity index (χ1n) is 7.82. The van der Waals surface area contributed by atoms with Crippen LogP contribution in [0.15, 0.2) is 29.8 Å². The number of rotatable bonds is 3. The zero-order chi connectivity index (χ0) is 17.1. The number of nitrogens with zero attached hydrogens (tertiary/aromatic N) is 3. The highest BCUT2D eigenvalue weighted by Crippen LogP contribution is 2.27. The first kappa shape index (κ1) is 16.4. The van der Waals surface area contributed by atoms with Gasteiger partial charge in [-0.05, 0) is 17.5 Å². The van der Waals surface area contributed by atoms with Gasteiger partial charge >= 0.3 is 6.03 Å². The minimum atomic E-state index is -0.546. The van der Waals surface area contributed by atoms with Crippen molar-refractivity contribution in [3.8, 4) is 0 Å². The molecule has 1 aliphatic rings. The fraction of sp³-hybridized carbons (Fsp3) is 0.375. The Bertz CT molecular complexity index is 734. The number of benzene rings is 1. The van der Waals surface area contributed by atoms with Gasteiger partial charge in [0, 0.05) is 5.69 Å². The van der Waals surface area contributed by atoms with E-state index >= 15 is 0 Å². The predicted molar refractivity (Wildman–Crippen MR) is 92.8 cm³/mol. The summed E-state index contributed by atoms with van der Waals surface area (Å²) in [7, 11) is 0. The molecule has 7 nitrogen and oxygen atoms in total. The first-order chi connectivity index (χ1) is 11.6. The van der Waals surface area contributed by atoms with Crippen LogP contribution < -0.4 is 10.6 Å².